The highest BCUT2D eigenvalue weighted by molar-refractivity contribution is 7.93. The van der Waals surface area contributed by atoms with Gasteiger partial charge >= 0.3 is 6.61 Å². The molecule has 0 aliphatic carbocycles. The van der Waals surface area contributed by atoms with Crippen molar-refractivity contribution in [1.82, 2.24) is 4.98 Å². The number of hydrogen-bond donors (Lipinski definition) is 0. The summed E-state index contributed by atoms with van der Waals surface area (Å²) in [6.45, 7) is -3.46. The first-order chi connectivity index (χ1) is 13.4. The molecule has 0 bridgehead atoms. The van der Waals surface area contributed by atoms with Gasteiger partial charge in [-0.1, -0.05) is 18.2 Å². The third-order valence-electron chi connectivity index (χ3n) is 3.65. The minimum absolute atomic E-state index is 0.0266. The van der Waals surface area contributed by atoms with Gasteiger partial charge in [-0.3, -0.25) is 4.79 Å². The van der Waals surface area contributed by atoms with Gasteiger partial charge in [0, 0.05) is 17.1 Å². The summed E-state index contributed by atoms with van der Waals surface area (Å²) in [7, 11) is -4.01. The first kappa shape index (κ1) is 19.9. The maximum Gasteiger partial charge on any atom is 0.387 e. The fourth-order valence-electron chi connectivity index (χ4n) is 2.36. The lowest BCUT2D eigenvalue weighted by Crippen LogP contribution is -2.35. The highest BCUT2D eigenvalue weighted by atomic mass is 32.2. The monoisotopic (exact) mass is 424 g/mol. The number of alkyl halides is 2. The summed E-state index contributed by atoms with van der Waals surface area (Å²) in [6, 6.07) is 12.7. The molecule has 1 aromatic heterocycles. The third kappa shape index (κ3) is 4.52. The Hall–Kier alpha value is -2.85. The molecular formula is C18H14F2N2O4S2. The molecule has 0 fully saturated rings. The van der Waals surface area contributed by atoms with E-state index in [1.165, 1.54) is 42.6 Å². The van der Waals surface area contributed by atoms with Crippen molar-refractivity contribution in [2.45, 2.75) is 11.5 Å². The van der Waals surface area contributed by atoms with Crippen LogP contribution >= 0.6 is 11.3 Å². The number of thiazole rings is 1. The number of nitrogens with zero attached hydrogens (tertiary/aromatic N) is 2. The van der Waals surface area contributed by atoms with E-state index in [4.69, 9.17) is 0 Å². The second kappa shape index (κ2) is 8.44. The van der Waals surface area contributed by atoms with Crippen LogP contribution in [-0.2, 0) is 10.0 Å². The number of halogens is 2. The predicted molar refractivity (Wildman–Crippen MR) is 100 cm³/mol. The second-order valence-corrected chi connectivity index (χ2v) is 8.20. The number of ether oxygens (including phenoxy) is 1. The van der Waals surface area contributed by atoms with E-state index < -0.39 is 29.0 Å². The van der Waals surface area contributed by atoms with Gasteiger partial charge in [-0.15, -0.1) is 11.3 Å². The van der Waals surface area contributed by atoms with E-state index >= 15 is 0 Å². The number of Topliss-reactive ketones (excluding diaryl/α,β-unsaturated/α-hetero) is 1. The second-order valence-electron chi connectivity index (χ2n) is 5.47. The summed E-state index contributed by atoms with van der Waals surface area (Å²) < 4.78 is 55.7. The van der Waals surface area contributed by atoms with Gasteiger partial charge in [-0.2, -0.15) is 8.78 Å². The number of carbonyl (C=O) groups is 1. The molecule has 0 amide bonds. The average molecular weight is 424 g/mol. The number of rotatable bonds is 8. The summed E-state index contributed by atoms with van der Waals surface area (Å²) in [5.41, 5.74) is 0.159. The number of hydrogen-bond acceptors (Lipinski definition) is 6. The Labute approximate surface area is 164 Å². The molecule has 0 aliphatic rings. The summed E-state index contributed by atoms with van der Waals surface area (Å²) >= 11 is 1.08. The van der Waals surface area contributed by atoms with Crippen LogP contribution in [0.2, 0.25) is 0 Å². The molecule has 0 radical (unpaired) electrons. The number of sulfonamides is 1. The molecule has 0 aliphatic heterocycles. The molecule has 0 saturated carbocycles. The fourth-order valence-corrected chi connectivity index (χ4v) is 4.62. The maximum atomic E-state index is 13.0. The van der Waals surface area contributed by atoms with Crippen molar-refractivity contribution < 1.29 is 26.7 Å². The van der Waals surface area contributed by atoms with Crippen LogP contribution in [-0.4, -0.2) is 32.3 Å². The Morgan fingerprint density at radius 2 is 1.79 bits per heavy atom. The summed E-state index contributed by atoms with van der Waals surface area (Å²) in [4.78, 5) is 16.7. The van der Waals surface area contributed by atoms with Gasteiger partial charge < -0.3 is 4.74 Å². The Balaban J connectivity index is 1.88. The lowest BCUT2D eigenvalue weighted by molar-refractivity contribution is -0.0498. The van der Waals surface area contributed by atoms with Gasteiger partial charge in [0.2, 0.25) is 0 Å². The van der Waals surface area contributed by atoms with Gasteiger partial charge in [0.1, 0.15) is 12.3 Å². The van der Waals surface area contributed by atoms with Crippen molar-refractivity contribution >= 4 is 32.3 Å². The number of ketones is 1. The first-order valence-corrected chi connectivity index (χ1v) is 10.3. The summed E-state index contributed by atoms with van der Waals surface area (Å²) in [6.07, 6.45) is 1.44. The van der Waals surface area contributed by atoms with Crippen LogP contribution < -0.4 is 9.04 Å². The molecule has 2 aromatic carbocycles. The van der Waals surface area contributed by atoms with Crippen molar-refractivity contribution in [3.05, 3.63) is 71.7 Å². The molecule has 0 saturated heterocycles. The molecule has 3 rings (SSSR count). The Morgan fingerprint density at radius 1 is 1.11 bits per heavy atom. The highest BCUT2D eigenvalue weighted by Gasteiger charge is 2.29. The van der Waals surface area contributed by atoms with Crippen LogP contribution in [0.4, 0.5) is 13.9 Å². The Bertz CT molecular complexity index is 1030. The van der Waals surface area contributed by atoms with Crippen LogP contribution in [0.1, 0.15) is 10.4 Å². The SMILES string of the molecule is O=C(CN(c1nccs1)S(=O)(=O)c1ccccc1)c1ccc(OC(F)F)cc1. The molecular weight excluding hydrogens is 410 g/mol. The largest absolute Gasteiger partial charge is 0.435 e. The predicted octanol–water partition coefficient (Wildman–Crippen LogP) is 3.82. The van der Waals surface area contributed by atoms with Crippen molar-refractivity contribution in [2.24, 2.45) is 0 Å². The zero-order chi connectivity index (χ0) is 20.1. The standard InChI is InChI=1S/C18H14F2N2O4S2/c19-17(20)26-14-8-6-13(7-9-14)16(23)12-22(18-21-10-11-27-18)28(24,25)15-4-2-1-3-5-15/h1-11,17H,12H2. The number of aromatic nitrogens is 1. The lowest BCUT2D eigenvalue weighted by Gasteiger charge is -2.21. The number of benzene rings is 2. The molecule has 28 heavy (non-hydrogen) atoms. The Morgan fingerprint density at radius 3 is 2.36 bits per heavy atom. The molecule has 6 nitrogen and oxygen atoms in total. The van der Waals surface area contributed by atoms with Gasteiger partial charge in [0.05, 0.1) is 4.90 Å². The van der Waals surface area contributed by atoms with Crippen LogP contribution in [0.15, 0.2) is 71.1 Å². The van der Waals surface area contributed by atoms with Crippen LogP contribution in [0.3, 0.4) is 0 Å². The van der Waals surface area contributed by atoms with E-state index in [0.29, 0.717) is 0 Å². The van der Waals surface area contributed by atoms with E-state index in [9.17, 15) is 22.0 Å². The lowest BCUT2D eigenvalue weighted by atomic mass is 10.1. The van der Waals surface area contributed by atoms with Crippen LogP contribution in [0, 0.1) is 0 Å². The van der Waals surface area contributed by atoms with E-state index in [0.717, 1.165) is 15.6 Å². The molecule has 10 heteroatoms. The molecule has 146 valence electrons. The molecule has 0 unspecified atom stereocenters. The maximum absolute atomic E-state index is 13.0. The van der Waals surface area contributed by atoms with Gasteiger partial charge in [0.15, 0.2) is 10.9 Å². The zero-order valence-electron chi connectivity index (χ0n) is 14.2. The van der Waals surface area contributed by atoms with Gasteiger partial charge in [-0.05, 0) is 36.4 Å². The quantitative estimate of drug-likeness (QED) is 0.514. The molecule has 3 aromatic rings. The zero-order valence-corrected chi connectivity index (χ0v) is 15.9. The molecule has 0 spiro atoms. The molecule has 0 N–H and O–H groups in total. The number of carbonyl (C=O) groups excluding carboxylic acids is 1. The third-order valence-corrected chi connectivity index (χ3v) is 6.31. The smallest absolute Gasteiger partial charge is 0.387 e. The van der Waals surface area contributed by atoms with Crippen molar-refractivity contribution in [1.29, 1.82) is 0 Å². The van der Waals surface area contributed by atoms with E-state index in [-0.39, 0.29) is 21.3 Å². The van der Waals surface area contributed by atoms with E-state index in [1.807, 2.05) is 0 Å². The molecule has 1 heterocycles. The average Bonchev–Trinajstić information content (AvgIpc) is 3.21. The van der Waals surface area contributed by atoms with Gasteiger partial charge in [0.25, 0.3) is 10.0 Å². The highest BCUT2D eigenvalue weighted by Crippen LogP contribution is 2.26. The fraction of sp³-hybridized carbons (Fsp3) is 0.111. The minimum atomic E-state index is -4.01. The number of anilines is 1. The summed E-state index contributed by atoms with van der Waals surface area (Å²) in [5.74, 6) is -0.612. The Kier molecular flexibility index (Phi) is 6.00. The van der Waals surface area contributed by atoms with Crippen molar-refractivity contribution in [3.8, 4) is 5.75 Å². The van der Waals surface area contributed by atoms with Crippen molar-refractivity contribution in [2.75, 3.05) is 10.8 Å². The van der Waals surface area contributed by atoms with Gasteiger partial charge in [-0.25, -0.2) is 17.7 Å². The van der Waals surface area contributed by atoms with Crippen LogP contribution in [0.25, 0.3) is 0 Å². The molecule has 0 atom stereocenters. The van der Waals surface area contributed by atoms with E-state index in [1.54, 1.807) is 23.6 Å². The minimum Gasteiger partial charge on any atom is -0.435 e. The summed E-state index contributed by atoms with van der Waals surface area (Å²) in [5, 5.41) is 1.75. The van der Waals surface area contributed by atoms with Crippen LogP contribution in [0.5, 0.6) is 5.75 Å². The normalized spacial score (nSPS) is 11.4. The topological polar surface area (TPSA) is 76.6 Å². The van der Waals surface area contributed by atoms with Crippen molar-refractivity contribution in [3.63, 3.8) is 0 Å². The first-order valence-electron chi connectivity index (χ1n) is 7.93. The van der Waals surface area contributed by atoms with E-state index in [2.05, 4.69) is 9.72 Å².